The molecule has 0 spiro atoms. The van der Waals surface area contributed by atoms with Crippen LogP contribution >= 0.6 is 0 Å². The molecule has 176 valence electrons. The molecular weight excluding hydrogens is 446 g/mol. The van der Waals surface area contributed by atoms with Gasteiger partial charge in [0, 0.05) is 18.8 Å². The Hall–Kier alpha value is -2.86. The van der Waals surface area contributed by atoms with Crippen LogP contribution in [0.25, 0.3) is 11.4 Å². The van der Waals surface area contributed by atoms with Crippen LogP contribution in [0.15, 0.2) is 59.8 Å². The van der Waals surface area contributed by atoms with E-state index < -0.39 is 22.2 Å². The second-order valence-corrected chi connectivity index (χ2v) is 9.55. The highest BCUT2D eigenvalue weighted by Gasteiger charge is 2.34. The van der Waals surface area contributed by atoms with Crippen LogP contribution in [0.4, 0.5) is 0 Å². The Morgan fingerprint density at radius 1 is 1.21 bits per heavy atom. The second kappa shape index (κ2) is 10.4. The molecule has 2 aromatic heterocycles. The summed E-state index contributed by atoms with van der Waals surface area (Å²) in [4.78, 5) is 4.38. The van der Waals surface area contributed by atoms with Crippen molar-refractivity contribution in [2.24, 2.45) is 0 Å². The number of nitrogens with zero attached hydrogens (tertiary/aromatic N) is 4. The lowest BCUT2D eigenvalue weighted by Gasteiger charge is -2.36. The first-order valence-electron chi connectivity index (χ1n) is 10.7. The Bertz CT molecular complexity index is 1150. The highest BCUT2D eigenvalue weighted by Crippen LogP contribution is 2.25. The van der Waals surface area contributed by atoms with Crippen molar-refractivity contribution >= 4 is 10.0 Å². The van der Waals surface area contributed by atoms with E-state index >= 15 is 0 Å². The lowest BCUT2D eigenvalue weighted by Crippen LogP contribution is -2.50. The van der Waals surface area contributed by atoms with Crippen LogP contribution < -0.4 is 9.46 Å². The van der Waals surface area contributed by atoms with Gasteiger partial charge in [0.1, 0.15) is 11.4 Å². The normalized spacial score (nSPS) is 21.1. The van der Waals surface area contributed by atoms with Crippen molar-refractivity contribution in [3.63, 3.8) is 0 Å². The van der Waals surface area contributed by atoms with Gasteiger partial charge in [0.2, 0.25) is 10.0 Å². The zero-order chi connectivity index (χ0) is 23.3. The quantitative estimate of drug-likeness (QED) is 0.480. The summed E-state index contributed by atoms with van der Waals surface area (Å²) < 4.78 is 41.2. The lowest BCUT2D eigenvalue weighted by molar-refractivity contribution is -0.0891. The van der Waals surface area contributed by atoms with Crippen LogP contribution in [0.2, 0.25) is 0 Å². The maximum Gasteiger partial charge on any atom is 0.241 e. The largest absolute Gasteiger partial charge is 0.497 e. The van der Waals surface area contributed by atoms with Gasteiger partial charge in [0.25, 0.3) is 0 Å². The summed E-state index contributed by atoms with van der Waals surface area (Å²) in [7, 11) is -2.30. The number of aliphatic hydroxyl groups excluding tert-OH is 1. The smallest absolute Gasteiger partial charge is 0.241 e. The molecule has 1 fully saturated rings. The van der Waals surface area contributed by atoms with Gasteiger partial charge in [0.15, 0.2) is 0 Å². The predicted octanol–water partition coefficient (Wildman–Crippen LogP) is 1.63. The summed E-state index contributed by atoms with van der Waals surface area (Å²) in [6.45, 7) is 0.303. The van der Waals surface area contributed by atoms with Gasteiger partial charge >= 0.3 is 0 Å². The molecule has 0 aliphatic carbocycles. The third-order valence-corrected chi connectivity index (χ3v) is 7.09. The predicted molar refractivity (Wildman–Crippen MR) is 120 cm³/mol. The molecule has 33 heavy (non-hydrogen) atoms. The van der Waals surface area contributed by atoms with Crippen LogP contribution in [0.1, 0.15) is 19.3 Å². The first kappa shape index (κ1) is 23.3. The molecule has 1 aromatic carbocycles. The van der Waals surface area contributed by atoms with Gasteiger partial charge in [-0.2, -0.15) is 0 Å². The number of aliphatic hydroxyl groups is 1. The van der Waals surface area contributed by atoms with Gasteiger partial charge in [0.05, 0.1) is 48.8 Å². The second-order valence-electron chi connectivity index (χ2n) is 7.83. The third kappa shape index (κ3) is 5.74. The van der Waals surface area contributed by atoms with E-state index in [1.54, 1.807) is 23.0 Å². The van der Waals surface area contributed by atoms with E-state index in [-0.39, 0.29) is 17.6 Å². The standard InChI is InChI=1S/C22H27N5O5S/c1-31-17-5-4-6-18(13-17)33(29,30)25-20-9-8-16(32-22(20)15-28)10-12-27-14-21(24-26-27)19-7-2-3-11-23-19/h2-7,11,13-14,16,20,22,25,28H,8-10,12,15H2,1H3/t16-,20-,22+/m1/s1. The molecule has 0 unspecified atom stereocenters. The highest BCUT2D eigenvalue weighted by molar-refractivity contribution is 7.89. The Kier molecular flexibility index (Phi) is 7.33. The Labute approximate surface area is 192 Å². The Balaban J connectivity index is 1.33. The van der Waals surface area contributed by atoms with Crippen molar-refractivity contribution < 1.29 is 23.0 Å². The number of aryl methyl sites for hydroxylation is 1. The number of hydrogen-bond acceptors (Lipinski definition) is 8. The zero-order valence-electron chi connectivity index (χ0n) is 18.2. The number of methoxy groups -OCH3 is 1. The van der Waals surface area contributed by atoms with E-state index in [4.69, 9.17) is 9.47 Å². The van der Waals surface area contributed by atoms with Gasteiger partial charge in [-0.25, -0.2) is 13.1 Å². The van der Waals surface area contributed by atoms with Crippen molar-refractivity contribution in [3.8, 4) is 17.1 Å². The highest BCUT2D eigenvalue weighted by atomic mass is 32.2. The van der Waals surface area contributed by atoms with E-state index in [2.05, 4.69) is 20.0 Å². The van der Waals surface area contributed by atoms with Crippen LogP contribution in [-0.2, 0) is 21.3 Å². The van der Waals surface area contributed by atoms with E-state index in [1.807, 2.05) is 24.4 Å². The third-order valence-electron chi connectivity index (χ3n) is 5.60. The van der Waals surface area contributed by atoms with E-state index in [0.29, 0.717) is 37.3 Å². The monoisotopic (exact) mass is 473 g/mol. The molecule has 4 rings (SSSR count). The number of sulfonamides is 1. The summed E-state index contributed by atoms with van der Waals surface area (Å²) in [6, 6.07) is 11.3. The minimum atomic E-state index is -3.78. The van der Waals surface area contributed by atoms with Gasteiger partial charge in [-0.1, -0.05) is 17.3 Å². The molecule has 1 saturated heterocycles. The maximum atomic E-state index is 12.8. The molecule has 3 atom stereocenters. The van der Waals surface area contributed by atoms with Gasteiger partial charge in [-0.05, 0) is 43.5 Å². The fourth-order valence-electron chi connectivity index (χ4n) is 3.83. The summed E-state index contributed by atoms with van der Waals surface area (Å²) in [5, 5.41) is 18.1. The number of ether oxygens (including phenoxy) is 2. The molecule has 0 bridgehead atoms. The average molecular weight is 474 g/mol. The van der Waals surface area contributed by atoms with Crippen LogP contribution in [0.5, 0.6) is 5.75 Å². The molecule has 10 nitrogen and oxygen atoms in total. The molecule has 3 heterocycles. The fourth-order valence-corrected chi connectivity index (χ4v) is 5.16. The number of aromatic nitrogens is 4. The van der Waals surface area contributed by atoms with Gasteiger partial charge < -0.3 is 14.6 Å². The lowest BCUT2D eigenvalue weighted by atomic mass is 9.98. The summed E-state index contributed by atoms with van der Waals surface area (Å²) >= 11 is 0. The van der Waals surface area contributed by atoms with E-state index in [0.717, 1.165) is 5.69 Å². The van der Waals surface area contributed by atoms with E-state index in [9.17, 15) is 13.5 Å². The average Bonchev–Trinajstić information content (AvgIpc) is 3.33. The summed E-state index contributed by atoms with van der Waals surface area (Å²) in [6.07, 6.45) is 4.65. The summed E-state index contributed by atoms with van der Waals surface area (Å²) in [5.74, 6) is 0.454. The van der Waals surface area contributed by atoms with Crippen molar-refractivity contribution in [2.75, 3.05) is 13.7 Å². The number of benzene rings is 1. The molecule has 2 N–H and O–H groups in total. The molecule has 0 amide bonds. The molecule has 1 aliphatic rings. The number of nitrogens with one attached hydrogen (secondary N) is 1. The number of hydrogen-bond donors (Lipinski definition) is 2. The molecule has 3 aromatic rings. The van der Waals surface area contributed by atoms with E-state index in [1.165, 1.54) is 19.2 Å². The summed E-state index contributed by atoms with van der Waals surface area (Å²) in [5.41, 5.74) is 1.45. The van der Waals surface area contributed by atoms with Gasteiger partial charge in [-0.15, -0.1) is 5.10 Å². The minimum absolute atomic E-state index is 0.107. The fraction of sp³-hybridized carbons (Fsp3) is 0.409. The van der Waals surface area contributed by atoms with Crippen molar-refractivity contribution in [1.29, 1.82) is 0 Å². The number of rotatable bonds is 9. The SMILES string of the molecule is COc1cccc(S(=O)(=O)N[C@@H]2CC[C@H](CCn3cc(-c4ccccn4)nn3)O[C@H]2CO)c1. The topological polar surface area (TPSA) is 128 Å². The maximum absolute atomic E-state index is 12.8. The molecule has 11 heteroatoms. The van der Waals surface area contributed by atoms with Crippen LogP contribution in [-0.4, -0.2) is 65.5 Å². The molecule has 1 aliphatic heterocycles. The molecule has 0 saturated carbocycles. The zero-order valence-corrected chi connectivity index (χ0v) is 19.1. The van der Waals surface area contributed by atoms with Crippen molar-refractivity contribution in [3.05, 3.63) is 54.9 Å². The minimum Gasteiger partial charge on any atom is -0.497 e. The first-order chi connectivity index (χ1) is 16.0. The molecule has 0 radical (unpaired) electrons. The first-order valence-corrected chi connectivity index (χ1v) is 12.2. The Morgan fingerprint density at radius 2 is 2.09 bits per heavy atom. The Morgan fingerprint density at radius 3 is 2.85 bits per heavy atom. The van der Waals surface area contributed by atoms with Crippen LogP contribution in [0.3, 0.4) is 0 Å². The van der Waals surface area contributed by atoms with Gasteiger partial charge in [-0.3, -0.25) is 9.67 Å². The van der Waals surface area contributed by atoms with Crippen molar-refractivity contribution in [2.45, 2.75) is 49.0 Å². The molecular formula is C22H27N5O5S. The number of pyridine rings is 1. The van der Waals surface area contributed by atoms with Crippen LogP contribution in [0, 0.1) is 0 Å². The van der Waals surface area contributed by atoms with Crippen molar-refractivity contribution in [1.82, 2.24) is 24.7 Å².